The summed E-state index contributed by atoms with van der Waals surface area (Å²) >= 11 is 0. The standard InChI is InChI=1S/C18H30N2O/c1-3-4-12-21-13-10-19-9-11-20-15-16(2)14-17-7-5-6-8-18(17)20/h5-8,16,19H,3-4,9-15H2,1-2H3. The Kier molecular flexibility index (Phi) is 7.04. The quantitative estimate of drug-likeness (QED) is 0.707. The minimum absolute atomic E-state index is 0.747. The van der Waals surface area contributed by atoms with Crippen molar-refractivity contribution in [3.63, 3.8) is 0 Å². The highest BCUT2D eigenvalue weighted by Gasteiger charge is 2.20. The number of nitrogens with one attached hydrogen (secondary N) is 1. The highest BCUT2D eigenvalue weighted by atomic mass is 16.5. The van der Waals surface area contributed by atoms with Crippen LogP contribution in [0.2, 0.25) is 0 Å². The number of unbranched alkanes of at least 4 members (excludes halogenated alkanes) is 1. The van der Waals surface area contributed by atoms with E-state index in [1.54, 1.807) is 0 Å². The van der Waals surface area contributed by atoms with E-state index in [1.807, 2.05) is 0 Å². The first-order valence-corrected chi connectivity index (χ1v) is 8.42. The number of ether oxygens (including phenoxy) is 1. The van der Waals surface area contributed by atoms with E-state index in [0.29, 0.717) is 0 Å². The second-order valence-corrected chi connectivity index (χ2v) is 6.10. The molecule has 21 heavy (non-hydrogen) atoms. The summed E-state index contributed by atoms with van der Waals surface area (Å²) in [4.78, 5) is 2.52. The fraction of sp³-hybridized carbons (Fsp3) is 0.667. The number of nitrogens with zero attached hydrogens (tertiary/aromatic N) is 1. The molecule has 1 aromatic rings. The van der Waals surface area contributed by atoms with Crippen molar-refractivity contribution in [2.75, 3.05) is 44.3 Å². The van der Waals surface area contributed by atoms with Crippen molar-refractivity contribution in [3.8, 4) is 0 Å². The van der Waals surface area contributed by atoms with Crippen LogP contribution >= 0.6 is 0 Å². The summed E-state index contributed by atoms with van der Waals surface area (Å²) in [7, 11) is 0. The van der Waals surface area contributed by atoms with Crippen LogP contribution in [0.15, 0.2) is 24.3 Å². The van der Waals surface area contributed by atoms with Gasteiger partial charge in [-0.25, -0.2) is 0 Å². The van der Waals surface area contributed by atoms with Gasteiger partial charge in [-0.2, -0.15) is 0 Å². The van der Waals surface area contributed by atoms with Gasteiger partial charge in [-0.05, 0) is 30.4 Å². The predicted molar refractivity (Wildman–Crippen MR) is 90.1 cm³/mol. The number of hydrogen-bond donors (Lipinski definition) is 1. The van der Waals surface area contributed by atoms with Gasteiger partial charge >= 0.3 is 0 Å². The Balaban J connectivity index is 1.67. The third-order valence-electron chi connectivity index (χ3n) is 4.06. The zero-order valence-corrected chi connectivity index (χ0v) is 13.6. The van der Waals surface area contributed by atoms with Gasteiger partial charge in [-0.1, -0.05) is 38.5 Å². The Bertz CT molecular complexity index is 408. The van der Waals surface area contributed by atoms with Crippen LogP contribution in [0.1, 0.15) is 32.3 Å². The fourth-order valence-electron chi connectivity index (χ4n) is 2.95. The summed E-state index contributed by atoms with van der Waals surface area (Å²) in [6, 6.07) is 8.83. The average molecular weight is 290 g/mol. The van der Waals surface area contributed by atoms with Crippen molar-refractivity contribution in [1.82, 2.24) is 5.32 Å². The van der Waals surface area contributed by atoms with Crippen LogP contribution in [0.25, 0.3) is 0 Å². The van der Waals surface area contributed by atoms with Gasteiger partial charge in [0.05, 0.1) is 6.61 Å². The second-order valence-electron chi connectivity index (χ2n) is 6.10. The van der Waals surface area contributed by atoms with Crippen molar-refractivity contribution in [3.05, 3.63) is 29.8 Å². The Morgan fingerprint density at radius 3 is 2.95 bits per heavy atom. The molecular weight excluding hydrogens is 260 g/mol. The van der Waals surface area contributed by atoms with E-state index in [-0.39, 0.29) is 0 Å². The number of rotatable bonds is 9. The lowest BCUT2D eigenvalue weighted by molar-refractivity contribution is 0.133. The first-order valence-electron chi connectivity index (χ1n) is 8.42. The number of fused-ring (bicyclic) bond motifs is 1. The van der Waals surface area contributed by atoms with Gasteiger partial charge in [0.25, 0.3) is 0 Å². The van der Waals surface area contributed by atoms with Gasteiger partial charge in [0, 0.05) is 38.5 Å². The van der Waals surface area contributed by atoms with E-state index in [0.717, 1.165) is 38.8 Å². The molecular formula is C18H30N2O. The molecule has 0 aromatic heterocycles. The van der Waals surface area contributed by atoms with Crippen molar-refractivity contribution in [2.24, 2.45) is 5.92 Å². The molecule has 0 radical (unpaired) electrons. The number of hydrogen-bond acceptors (Lipinski definition) is 3. The van der Waals surface area contributed by atoms with Crippen LogP contribution in [0, 0.1) is 5.92 Å². The fourth-order valence-corrected chi connectivity index (χ4v) is 2.95. The van der Waals surface area contributed by atoms with E-state index < -0.39 is 0 Å². The van der Waals surface area contributed by atoms with Gasteiger partial charge in [0.15, 0.2) is 0 Å². The van der Waals surface area contributed by atoms with Crippen LogP contribution in [0.5, 0.6) is 0 Å². The Labute approximate surface area is 129 Å². The van der Waals surface area contributed by atoms with Crippen LogP contribution in [0.4, 0.5) is 5.69 Å². The zero-order chi connectivity index (χ0) is 14.9. The molecule has 1 atom stereocenters. The molecule has 0 amide bonds. The Morgan fingerprint density at radius 1 is 1.24 bits per heavy atom. The molecule has 3 nitrogen and oxygen atoms in total. The van der Waals surface area contributed by atoms with Crippen LogP contribution in [-0.2, 0) is 11.2 Å². The minimum atomic E-state index is 0.747. The molecule has 1 heterocycles. The normalized spacial score (nSPS) is 17.8. The largest absolute Gasteiger partial charge is 0.380 e. The molecule has 0 saturated heterocycles. The van der Waals surface area contributed by atoms with Gasteiger partial charge in [-0.15, -0.1) is 0 Å². The van der Waals surface area contributed by atoms with E-state index in [9.17, 15) is 0 Å². The lowest BCUT2D eigenvalue weighted by Gasteiger charge is -2.35. The van der Waals surface area contributed by atoms with Crippen LogP contribution < -0.4 is 10.2 Å². The SMILES string of the molecule is CCCCOCCNCCN1CC(C)Cc2ccccc21. The van der Waals surface area contributed by atoms with Crippen molar-refractivity contribution in [1.29, 1.82) is 0 Å². The van der Waals surface area contributed by atoms with Gasteiger partial charge in [0.2, 0.25) is 0 Å². The highest BCUT2D eigenvalue weighted by molar-refractivity contribution is 5.55. The van der Waals surface area contributed by atoms with Crippen LogP contribution in [-0.4, -0.2) is 39.4 Å². The monoisotopic (exact) mass is 290 g/mol. The van der Waals surface area contributed by atoms with Gasteiger partial charge < -0.3 is 15.0 Å². The Hall–Kier alpha value is -1.06. The third kappa shape index (κ3) is 5.33. The van der Waals surface area contributed by atoms with Crippen LogP contribution in [0.3, 0.4) is 0 Å². The molecule has 3 heteroatoms. The van der Waals surface area contributed by atoms with Crippen molar-refractivity contribution in [2.45, 2.75) is 33.1 Å². The topological polar surface area (TPSA) is 24.5 Å². The summed E-state index contributed by atoms with van der Waals surface area (Å²) in [5.41, 5.74) is 2.93. The van der Waals surface area contributed by atoms with E-state index in [4.69, 9.17) is 4.74 Å². The molecule has 0 bridgehead atoms. The maximum Gasteiger partial charge on any atom is 0.0590 e. The van der Waals surface area contributed by atoms with Gasteiger partial charge in [-0.3, -0.25) is 0 Å². The summed E-state index contributed by atoms with van der Waals surface area (Å²) in [6.07, 6.45) is 3.59. The third-order valence-corrected chi connectivity index (χ3v) is 4.06. The molecule has 0 spiro atoms. The first-order chi connectivity index (χ1) is 10.3. The molecule has 0 saturated carbocycles. The van der Waals surface area contributed by atoms with Crippen molar-refractivity contribution < 1.29 is 4.74 Å². The molecule has 1 aliphatic heterocycles. The molecule has 118 valence electrons. The van der Waals surface area contributed by atoms with Crippen molar-refractivity contribution >= 4 is 5.69 Å². The number of benzene rings is 1. The molecule has 1 aliphatic rings. The Morgan fingerprint density at radius 2 is 2.10 bits per heavy atom. The molecule has 1 aromatic carbocycles. The smallest absolute Gasteiger partial charge is 0.0590 e. The van der Waals surface area contributed by atoms with E-state index in [2.05, 4.69) is 48.3 Å². The predicted octanol–water partition coefficient (Wildman–Crippen LogP) is 3.09. The lowest BCUT2D eigenvalue weighted by atomic mass is 9.94. The molecule has 1 N–H and O–H groups in total. The second kappa shape index (κ2) is 9.06. The summed E-state index contributed by atoms with van der Waals surface area (Å²) < 4.78 is 5.56. The van der Waals surface area contributed by atoms with E-state index >= 15 is 0 Å². The maximum atomic E-state index is 5.56. The zero-order valence-electron chi connectivity index (χ0n) is 13.6. The molecule has 1 unspecified atom stereocenters. The molecule has 0 fully saturated rings. The number of para-hydroxylation sites is 1. The summed E-state index contributed by atoms with van der Waals surface area (Å²) in [6.45, 7) is 10.5. The first kappa shape index (κ1) is 16.3. The highest BCUT2D eigenvalue weighted by Crippen LogP contribution is 2.28. The maximum absolute atomic E-state index is 5.56. The average Bonchev–Trinajstić information content (AvgIpc) is 2.49. The molecule has 0 aliphatic carbocycles. The van der Waals surface area contributed by atoms with Gasteiger partial charge in [0.1, 0.15) is 0 Å². The summed E-state index contributed by atoms with van der Waals surface area (Å²) in [5, 5.41) is 3.49. The van der Waals surface area contributed by atoms with E-state index in [1.165, 1.54) is 37.1 Å². The number of anilines is 1. The minimum Gasteiger partial charge on any atom is -0.380 e. The molecule has 2 rings (SSSR count). The lowest BCUT2D eigenvalue weighted by Crippen LogP contribution is -2.39. The summed E-state index contributed by atoms with van der Waals surface area (Å²) in [5.74, 6) is 0.747.